The standard InChI is InChI=1S/C32H66O/c1-5-7-9-11-13-15-17-18-20-22-24-26-28-32(30-33-29-31(3)4)27-25-23-21-19-16-14-12-10-8-6-2/h31-32H,5-30H2,1-4H3. The molecule has 33 heavy (non-hydrogen) atoms. The first-order valence-corrected chi connectivity index (χ1v) is 15.8. The van der Waals surface area contributed by atoms with Crippen molar-refractivity contribution >= 4 is 0 Å². The van der Waals surface area contributed by atoms with Crippen LogP contribution in [0.2, 0.25) is 0 Å². The number of ether oxygens (including phenoxy) is 1. The van der Waals surface area contributed by atoms with Crippen LogP contribution in [0.1, 0.15) is 182 Å². The lowest BCUT2D eigenvalue weighted by Gasteiger charge is -2.18. The summed E-state index contributed by atoms with van der Waals surface area (Å²) in [5.41, 5.74) is 0. The van der Waals surface area contributed by atoms with Crippen molar-refractivity contribution in [2.24, 2.45) is 11.8 Å². The van der Waals surface area contributed by atoms with Gasteiger partial charge in [-0.25, -0.2) is 0 Å². The van der Waals surface area contributed by atoms with E-state index in [0.29, 0.717) is 5.92 Å². The van der Waals surface area contributed by atoms with Crippen LogP contribution in [-0.2, 0) is 4.74 Å². The topological polar surface area (TPSA) is 9.23 Å². The first-order chi connectivity index (χ1) is 16.2. The zero-order chi connectivity index (χ0) is 24.2. The number of hydrogen-bond donors (Lipinski definition) is 0. The molecular weight excluding hydrogens is 400 g/mol. The minimum atomic E-state index is 0.662. The van der Waals surface area contributed by atoms with Crippen molar-refractivity contribution < 1.29 is 4.74 Å². The van der Waals surface area contributed by atoms with Crippen molar-refractivity contribution in [1.82, 2.24) is 0 Å². The van der Waals surface area contributed by atoms with Gasteiger partial charge in [0.1, 0.15) is 0 Å². The highest BCUT2D eigenvalue weighted by Gasteiger charge is 2.10. The Bertz CT molecular complexity index is 337. The molecule has 0 amide bonds. The van der Waals surface area contributed by atoms with Crippen LogP contribution in [-0.4, -0.2) is 13.2 Å². The molecule has 0 aliphatic heterocycles. The summed E-state index contributed by atoms with van der Waals surface area (Å²) in [6, 6.07) is 0. The van der Waals surface area contributed by atoms with E-state index in [9.17, 15) is 0 Å². The van der Waals surface area contributed by atoms with Gasteiger partial charge in [-0.2, -0.15) is 0 Å². The lowest BCUT2D eigenvalue weighted by Crippen LogP contribution is -2.13. The molecule has 0 aromatic rings. The highest BCUT2D eigenvalue weighted by Crippen LogP contribution is 2.21. The van der Waals surface area contributed by atoms with E-state index >= 15 is 0 Å². The molecule has 1 heteroatoms. The molecule has 200 valence electrons. The Labute approximate surface area is 211 Å². The Kier molecular flexibility index (Phi) is 28.2. The molecule has 0 saturated carbocycles. The largest absolute Gasteiger partial charge is 0.381 e. The zero-order valence-electron chi connectivity index (χ0n) is 23.9. The second-order valence-electron chi connectivity index (χ2n) is 11.4. The SMILES string of the molecule is CCCCCCCCCCCCCCC(CCCCCCCCCCCC)COCC(C)C. The normalized spacial score (nSPS) is 12.6. The van der Waals surface area contributed by atoms with E-state index in [0.717, 1.165) is 19.1 Å². The predicted octanol–water partition coefficient (Wildman–Crippen LogP) is 11.7. The third-order valence-corrected chi connectivity index (χ3v) is 7.24. The molecule has 0 aliphatic rings. The average Bonchev–Trinajstić information content (AvgIpc) is 2.80. The molecule has 1 unspecified atom stereocenters. The maximum atomic E-state index is 6.06. The molecule has 1 atom stereocenters. The van der Waals surface area contributed by atoms with E-state index in [1.807, 2.05) is 0 Å². The van der Waals surface area contributed by atoms with E-state index in [1.165, 1.54) is 154 Å². The summed E-state index contributed by atoms with van der Waals surface area (Å²) in [7, 11) is 0. The van der Waals surface area contributed by atoms with Crippen LogP contribution < -0.4 is 0 Å². The summed E-state index contributed by atoms with van der Waals surface area (Å²) in [6.45, 7) is 11.1. The van der Waals surface area contributed by atoms with Crippen LogP contribution in [0.4, 0.5) is 0 Å². The molecule has 0 aliphatic carbocycles. The summed E-state index contributed by atoms with van der Waals surface area (Å²) in [6.07, 6.45) is 34.6. The molecule has 0 radical (unpaired) electrons. The quantitative estimate of drug-likeness (QED) is 0.104. The minimum absolute atomic E-state index is 0.662. The first-order valence-electron chi connectivity index (χ1n) is 15.8. The van der Waals surface area contributed by atoms with Crippen LogP contribution in [0.15, 0.2) is 0 Å². The van der Waals surface area contributed by atoms with Gasteiger partial charge in [0, 0.05) is 13.2 Å². The number of hydrogen-bond acceptors (Lipinski definition) is 1. The molecule has 1 nitrogen and oxygen atoms in total. The van der Waals surface area contributed by atoms with Gasteiger partial charge >= 0.3 is 0 Å². The van der Waals surface area contributed by atoms with Crippen molar-refractivity contribution in [3.8, 4) is 0 Å². The van der Waals surface area contributed by atoms with Crippen LogP contribution in [0, 0.1) is 11.8 Å². The van der Waals surface area contributed by atoms with Crippen LogP contribution >= 0.6 is 0 Å². The van der Waals surface area contributed by atoms with Gasteiger partial charge in [-0.15, -0.1) is 0 Å². The third-order valence-electron chi connectivity index (χ3n) is 7.24. The summed E-state index contributed by atoms with van der Waals surface area (Å²) in [5, 5.41) is 0. The highest BCUT2D eigenvalue weighted by atomic mass is 16.5. The lowest BCUT2D eigenvalue weighted by atomic mass is 9.94. The molecule has 0 aromatic carbocycles. The minimum Gasteiger partial charge on any atom is -0.381 e. The fraction of sp³-hybridized carbons (Fsp3) is 1.00. The first kappa shape index (κ1) is 33.0. The Balaban J connectivity index is 3.68. The van der Waals surface area contributed by atoms with Crippen molar-refractivity contribution in [3.63, 3.8) is 0 Å². The summed E-state index contributed by atoms with van der Waals surface area (Å²) in [5.74, 6) is 1.47. The van der Waals surface area contributed by atoms with Gasteiger partial charge in [0.05, 0.1) is 0 Å². The fourth-order valence-electron chi connectivity index (χ4n) is 4.98. The van der Waals surface area contributed by atoms with Crippen LogP contribution in [0.3, 0.4) is 0 Å². The second-order valence-corrected chi connectivity index (χ2v) is 11.4. The predicted molar refractivity (Wildman–Crippen MR) is 151 cm³/mol. The van der Waals surface area contributed by atoms with Crippen molar-refractivity contribution in [3.05, 3.63) is 0 Å². The van der Waals surface area contributed by atoms with Crippen LogP contribution in [0.25, 0.3) is 0 Å². The summed E-state index contributed by atoms with van der Waals surface area (Å²) < 4.78 is 6.06. The molecule has 0 heterocycles. The molecule has 0 saturated heterocycles. The maximum absolute atomic E-state index is 6.06. The molecule has 0 bridgehead atoms. The Morgan fingerprint density at radius 2 is 0.697 bits per heavy atom. The Morgan fingerprint density at radius 3 is 1.00 bits per heavy atom. The van der Waals surface area contributed by atoms with Crippen LogP contribution in [0.5, 0.6) is 0 Å². The fourth-order valence-corrected chi connectivity index (χ4v) is 4.98. The Morgan fingerprint density at radius 1 is 0.394 bits per heavy atom. The zero-order valence-corrected chi connectivity index (χ0v) is 23.9. The van der Waals surface area contributed by atoms with Gasteiger partial charge in [0.2, 0.25) is 0 Å². The van der Waals surface area contributed by atoms with Gasteiger partial charge in [-0.1, -0.05) is 169 Å². The number of rotatable bonds is 28. The molecule has 0 spiro atoms. The summed E-state index contributed by atoms with van der Waals surface area (Å²) >= 11 is 0. The summed E-state index contributed by atoms with van der Waals surface area (Å²) in [4.78, 5) is 0. The molecular formula is C32H66O. The Hall–Kier alpha value is -0.0400. The molecule has 0 rings (SSSR count). The van der Waals surface area contributed by atoms with E-state index in [1.54, 1.807) is 0 Å². The second kappa shape index (κ2) is 28.2. The van der Waals surface area contributed by atoms with Gasteiger partial charge in [-0.05, 0) is 24.7 Å². The van der Waals surface area contributed by atoms with Gasteiger partial charge in [0.25, 0.3) is 0 Å². The smallest absolute Gasteiger partial charge is 0.0494 e. The van der Waals surface area contributed by atoms with Crippen molar-refractivity contribution in [2.45, 2.75) is 182 Å². The van der Waals surface area contributed by atoms with E-state index in [-0.39, 0.29) is 0 Å². The van der Waals surface area contributed by atoms with E-state index < -0.39 is 0 Å². The molecule has 0 N–H and O–H groups in total. The van der Waals surface area contributed by atoms with Crippen molar-refractivity contribution in [1.29, 1.82) is 0 Å². The highest BCUT2D eigenvalue weighted by molar-refractivity contribution is 4.61. The molecule has 0 aromatic heterocycles. The maximum Gasteiger partial charge on any atom is 0.0494 e. The van der Waals surface area contributed by atoms with E-state index in [4.69, 9.17) is 4.74 Å². The molecule has 0 fully saturated rings. The number of unbranched alkanes of at least 4 members (excludes halogenated alkanes) is 20. The van der Waals surface area contributed by atoms with E-state index in [2.05, 4.69) is 27.7 Å². The third kappa shape index (κ3) is 28.1. The average molecular weight is 467 g/mol. The van der Waals surface area contributed by atoms with Gasteiger partial charge in [0.15, 0.2) is 0 Å². The monoisotopic (exact) mass is 467 g/mol. The van der Waals surface area contributed by atoms with Gasteiger partial charge < -0.3 is 4.74 Å². The van der Waals surface area contributed by atoms with Crippen molar-refractivity contribution in [2.75, 3.05) is 13.2 Å². The lowest BCUT2D eigenvalue weighted by molar-refractivity contribution is 0.0725. The van der Waals surface area contributed by atoms with Gasteiger partial charge in [-0.3, -0.25) is 0 Å².